The van der Waals surface area contributed by atoms with Crippen molar-refractivity contribution in [1.29, 1.82) is 0 Å². The number of amides is 2. The fourth-order valence-electron chi connectivity index (χ4n) is 2.18. The molecule has 170 valence electrons. The summed E-state index contributed by atoms with van der Waals surface area (Å²) in [5.74, 6) is -3.07. The van der Waals surface area contributed by atoms with Crippen molar-refractivity contribution < 1.29 is 42.0 Å². The number of rotatable bonds is 8. The van der Waals surface area contributed by atoms with Crippen LogP contribution < -0.4 is 15.4 Å². The van der Waals surface area contributed by atoms with Crippen LogP contribution in [0.15, 0.2) is 42.5 Å². The van der Waals surface area contributed by atoms with Crippen molar-refractivity contribution >= 4 is 40.8 Å². The van der Waals surface area contributed by atoms with Gasteiger partial charge in [-0.3, -0.25) is 24.5 Å². The molecular formula is C18H13ClF3N3O7. The molecule has 0 atom stereocenters. The number of esters is 1. The molecule has 2 aromatic rings. The highest BCUT2D eigenvalue weighted by molar-refractivity contribution is 6.32. The van der Waals surface area contributed by atoms with Crippen LogP contribution in [-0.2, 0) is 14.3 Å². The van der Waals surface area contributed by atoms with Crippen LogP contribution in [0.2, 0.25) is 5.02 Å². The summed E-state index contributed by atoms with van der Waals surface area (Å²) in [5, 5.41) is 15.1. The lowest BCUT2D eigenvalue weighted by atomic mass is 10.2. The summed E-state index contributed by atoms with van der Waals surface area (Å²) in [4.78, 5) is 45.5. The maximum atomic E-state index is 12.1. The van der Waals surface area contributed by atoms with Crippen LogP contribution >= 0.6 is 11.6 Å². The quantitative estimate of drug-likeness (QED) is 0.340. The number of nitrogens with zero attached hydrogens (tertiary/aromatic N) is 1. The first-order valence-corrected chi connectivity index (χ1v) is 8.86. The zero-order valence-corrected chi connectivity index (χ0v) is 16.5. The molecule has 0 aliphatic carbocycles. The maximum Gasteiger partial charge on any atom is 0.573 e. The molecule has 14 heteroatoms. The summed E-state index contributed by atoms with van der Waals surface area (Å²) in [6.45, 7) is -1.37. The highest BCUT2D eigenvalue weighted by Crippen LogP contribution is 2.25. The molecule has 2 rings (SSSR count). The lowest BCUT2D eigenvalue weighted by Gasteiger charge is -2.10. The van der Waals surface area contributed by atoms with Crippen LogP contribution in [0.4, 0.5) is 24.5 Å². The minimum atomic E-state index is -4.85. The van der Waals surface area contributed by atoms with Crippen molar-refractivity contribution in [3.05, 3.63) is 63.2 Å². The van der Waals surface area contributed by atoms with Gasteiger partial charge in [-0.1, -0.05) is 11.6 Å². The SMILES string of the molecule is O=C(COC(=O)CNC(=O)c1ccc(Cl)c([N+](=O)[O-])c1)Nc1ccc(OC(F)(F)F)cc1. The molecule has 0 saturated heterocycles. The first-order chi connectivity index (χ1) is 14.9. The zero-order chi connectivity index (χ0) is 23.9. The van der Waals surface area contributed by atoms with E-state index in [-0.39, 0.29) is 16.3 Å². The Morgan fingerprint density at radius 2 is 1.75 bits per heavy atom. The molecule has 2 aromatic carbocycles. The van der Waals surface area contributed by atoms with Gasteiger partial charge >= 0.3 is 12.3 Å². The molecular weight excluding hydrogens is 463 g/mol. The minimum Gasteiger partial charge on any atom is -0.454 e. The molecule has 0 aliphatic heterocycles. The van der Waals surface area contributed by atoms with Crippen LogP contribution in [0.1, 0.15) is 10.4 Å². The number of anilines is 1. The molecule has 0 radical (unpaired) electrons. The molecule has 0 spiro atoms. The van der Waals surface area contributed by atoms with E-state index in [1.165, 1.54) is 6.07 Å². The van der Waals surface area contributed by atoms with Crippen molar-refractivity contribution in [3.8, 4) is 5.75 Å². The number of hydrogen-bond donors (Lipinski definition) is 2. The molecule has 0 fully saturated rings. The molecule has 0 aromatic heterocycles. The number of nitro benzene ring substituents is 1. The number of alkyl halides is 3. The summed E-state index contributed by atoms with van der Waals surface area (Å²) in [6.07, 6.45) is -4.85. The minimum absolute atomic E-state index is 0.121. The maximum absolute atomic E-state index is 12.1. The monoisotopic (exact) mass is 475 g/mol. The van der Waals surface area contributed by atoms with E-state index in [0.717, 1.165) is 36.4 Å². The Labute approximate surface area is 182 Å². The predicted octanol–water partition coefficient (Wildman–Crippen LogP) is 3.06. The van der Waals surface area contributed by atoms with E-state index in [9.17, 15) is 37.7 Å². The number of carbonyl (C=O) groups excluding carboxylic acids is 3. The lowest BCUT2D eigenvalue weighted by molar-refractivity contribution is -0.384. The van der Waals surface area contributed by atoms with Gasteiger partial charge in [0.15, 0.2) is 6.61 Å². The number of halogens is 4. The number of nitro groups is 1. The van der Waals surface area contributed by atoms with Gasteiger partial charge in [0.05, 0.1) is 4.92 Å². The van der Waals surface area contributed by atoms with E-state index in [0.29, 0.717) is 0 Å². The second kappa shape index (κ2) is 10.4. The highest BCUT2D eigenvalue weighted by Gasteiger charge is 2.31. The molecule has 2 N–H and O–H groups in total. The highest BCUT2D eigenvalue weighted by atomic mass is 35.5. The van der Waals surface area contributed by atoms with Crippen LogP contribution in [-0.4, -0.2) is 42.2 Å². The van der Waals surface area contributed by atoms with E-state index in [1.54, 1.807) is 0 Å². The molecule has 0 heterocycles. The lowest BCUT2D eigenvalue weighted by Crippen LogP contribution is -2.32. The van der Waals surface area contributed by atoms with Crippen molar-refractivity contribution in [3.63, 3.8) is 0 Å². The Morgan fingerprint density at radius 3 is 2.34 bits per heavy atom. The van der Waals surface area contributed by atoms with E-state index < -0.39 is 53.7 Å². The standard InChI is InChI=1S/C18H13ClF3N3O7/c19-13-6-1-10(7-14(13)25(29)30)17(28)23-8-16(27)31-9-15(26)24-11-2-4-12(5-3-11)32-18(20,21)22/h1-7H,8-9H2,(H,23,28)(H,24,26). The van der Waals surface area contributed by atoms with Gasteiger partial charge in [0.25, 0.3) is 17.5 Å². The first kappa shape index (κ1) is 24.4. The largest absolute Gasteiger partial charge is 0.573 e. The van der Waals surface area contributed by atoms with E-state index in [1.807, 2.05) is 0 Å². The molecule has 10 nitrogen and oxygen atoms in total. The summed E-state index contributed by atoms with van der Waals surface area (Å²) in [5.41, 5.74) is -0.487. The van der Waals surface area contributed by atoms with Gasteiger partial charge in [-0.25, -0.2) is 0 Å². The second-order valence-electron chi connectivity index (χ2n) is 5.89. The molecule has 0 saturated carbocycles. The van der Waals surface area contributed by atoms with Crippen molar-refractivity contribution in [2.75, 3.05) is 18.5 Å². The third kappa shape index (κ3) is 7.75. The van der Waals surface area contributed by atoms with E-state index in [4.69, 9.17) is 11.6 Å². The number of nitrogens with one attached hydrogen (secondary N) is 2. The van der Waals surface area contributed by atoms with Crippen molar-refractivity contribution in [1.82, 2.24) is 5.32 Å². The van der Waals surface area contributed by atoms with Gasteiger partial charge < -0.3 is 20.1 Å². The predicted molar refractivity (Wildman–Crippen MR) is 103 cm³/mol. The van der Waals surface area contributed by atoms with Gasteiger partial charge in [0.1, 0.15) is 17.3 Å². The average Bonchev–Trinajstić information content (AvgIpc) is 2.71. The zero-order valence-electron chi connectivity index (χ0n) is 15.8. The van der Waals surface area contributed by atoms with E-state index >= 15 is 0 Å². The Morgan fingerprint density at radius 1 is 1.09 bits per heavy atom. The fourth-order valence-corrected chi connectivity index (χ4v) is 2.37. The Balaban J connectivity index is 1.78. The fraction of sp³-hybridized carbons (Fsp3) is 0.167. The van der Waals surface area contributed by atoms with Crippen molar-refractivity contribution in [2.45, 2.75) is 6.36 Å². The van der Waals surface area contributed by atoms with Gasteiger partial charge in [-0.2, -0.15) is 0 Å². The molecule has 32 heavy (non-hydrogen) atoms. The topological polar surface area (TPSA) is 137 Å². The van der Waals surface area contributed by atoms with Crippen LogP contribution in [0.5, 0.6) is 5.75 Å². The summed E-state index contributed by atoms with van der Waals surface area (Å²) in [7, 11) is 0. The molecule has 0 unspecified atom stereocenters. The molecule has 2 amide bonds. The number of ether oxygens (including phenoxy) is 2. The second-order valence-corrected chi connectivity index (χ2v) is 6.29. The molecule has 0 aliphatic rings. The van der Waals surface area contributed by atoms with Crippen LogP contribution in [0.25, 0.3) is 0 Å². The van der Waals surface area contributed by atoms with Crippen LogP contribution in [0, 0.1) is 10.1 Å². The summed E-state index contributed by atoms with van der Waals surface area (Å²) >= 11 is 5.65. The van der Waals surface area contributed by atoms with Crippen molar-refractivity contribution in [2.24, 2.45) is 0 Å². The van der Waals surface area contributed by atoms with E-state index in [2.05, 4.69) is 20.1 Å². The Kier molecular flexibility index (Phi) is 7.96. The third-order valence-electron chi connectivity index (χ3n) is 3.53. The van der Waals surface area contributed by atoms with Crippen LogP contribution in [0.3, 0.4) is 0 Å². The first-order valence-electron chi connectivity index (χ1n) is 8.48. The van der Waals surface area contributed by atoms with Gasteiger partial charge in [0.2, 0.25) is 0 Å². The number of benzene rings is 2. The summed E-state index contributed by atoms with van der Waals surface area (Å²) in [6, 6.07) is 7.55. The number of carbonyl (C=O) groups is 3. The van der Waals surface area contributed by atoms with Gasteiger partial charge in [0, 0.05) is 17.3 Å². The van der Waals surface area contributed by atoms with Gasteiger partial charge in [-0.15, -0.1) is 13.2 Å². The molecule has 0 bridgehead atoms. The third-order valence-corrected chi connectivity index (χ3v) is 3.85. The average molecular weight is 476 g/mol. The normalized spacial score (nSPS) is 10.8. The number of hydrogen-bond acceptors (Lipinski definition) is 7. The Bertz CT molecular complexity index is 1030. The summed E-state index contributed by atoms with van der Waals surface area (Å²) < 4.78 is 44.7. The Hall–Kier alpha value is -3.87. The van der Waals surface area contributed by atoms with Gasteiger partial charge in [-0.05, 0) is 36.4 Å². The smallest absolute Gasteiger partial charge is 0.454 e.